The van der Waals surface area contributed by atoms with Crippen LogP contribution in [0.4, 0.5) is 11.4 Å². The zero-order chi connectivity index (χ0) is 19.3. The SMILES string of the molecule is COc1ccc(NC(=O)CN(C)C(=O)c2ccc(Cl)c([N+](=O)[O-])c2)cc1. The highest BCUT2D eigenvalue weighted by Crippen LogP contribution is 2.25. The molecule has 8 nitrogen and oxygen atoms in total. The molecule has 0 atom stereocenters. The number of hydrogen-bond acceptors (Lipinski definition) is 5. The Balaban J connectivity index is 2.02. The van der Waals surface area contributed by atoms with Gasteiger partial charge in [0.25, 0.3) is 11.6 Å². The van der Waals surface area contributed by atoms with Gasteiger partial charge in [0.2, 0.25) is 5.91 Å². The minimum atomic E-state index is -0.671. The van der Waals surface area contributed by atoms with Crippen LogP contribution in [0.5, 0.6) is 5.75 Å². The first-order chi connectivity index (χ1) is 12.3. The summed E-state index contributed by atoms with van der Waals surface area (Å²) in [5.41, 5.74) is 0.258. The highest BCUT2D eigenvalue weighted by molar-refractivity contribution is 6.32. The normalized spacial score (nSPS) is 10.1. The molecule has 0 fully saturated rings. The van der Waals surface area contributed by atoms with Crippen molar-refractivity contribution in [3.63, 3.8) is 0 Å². The molecule has 2 aromatic carbocycles. The molecule has 0 heterocycles. The lowest BCUT2D eigenvalue weighted by molar-refractivity contribution is -0.384. The number of amides is 2. The maximum absolute atomic E-state index is 12.4. The Bertz CT molecular complexity index is 839. The molecule has 0 aliphatic heterocycles. The number of carbonyl (C=O) groups excluding carboxylic acids is 2. The van der Waals surface area contributed by atoms with Crippen molar-refractivity contribution < 1.29 is 19.2 Å². The number of nitrogens with zero attached hydrogens (tertiary/aromatic N) is 2. The minimum Gasteiger partial charge on any atom is -0.497 e. The van der Waals surface area contributed by atoms with Crippen molar-refractivity contribution in [2.75, 3.05) is 26.0 Å². The molecule has 1 N–H and O–H groups in total. The van der Waals surface area contributed by atoms with E-state index in [0.29, 0.717) is 11.4 Å². The van der Waals surface area contributed by atoms with Crippen LogP contribution in [-0.2, 0) is 4.79 Å². The first kappa shape index (κ1) is 19.2. The van der Waals surface area contributed by atoms with Crippen molar-refractivity contribution in [2.24, 2.45) is 0 Å². The maximum Gasteiger partial charge on any atom is 0.288 e. The molecule has 0 aromatic heterocycles. The number of methoxy groups -OCH3 is 1. The second kappa shape index (κ2) is 8.30. The number of likely N-dealkylation sites (N-methyl/N-ethyl adjacent to an activating group) is 1. The molecule has 2 rings (SSSR count). The van der Waals surface area contributed by atoms with Crippen LogP contribution in [-0.4, -0.2) is 42.3 Å². The molecule has 0 bridgehead atoms. The lowest BCUT2D eigenvalue weighted by Gasteiger charge is -2.17. The van der Waals surface area contributed by atoms with Crippen LogP contribution in [0.15, 0.2) is 42.5 Å². The van der Waals surface area contributed by atoms with E-state index in [2.05, 4.69) is 5.32 Å². The van der Waals surface area contributed by atoms with Crippen LogP contribution < -0.4 is 10.1 Å². The van der Waals surface area contributed by atoms with Gasteiger partial charge >= 0.3 is 0 Å². The van der Waals surface area contributed by atoms with E-state index in [0.717, 1.165) is 11.0 Å². The van der Waals surface area contributed by atoms with Crippen LogP contribution in [0.2, 0.25) is 5.02 Å². The highest BCUT2D eigenvalue weighted by atomic mass is 35.5. The summed E-state index contributed by atoms with van der Waals surface area (Å²) in [7, 11) is 2.96. The molecular formula is C17H16ClN3O5. The number of nitro groups is 1. The Labute approximate surface area is 154 Å². The fourth-order valence-corrected chi connectivity index (χ4v) is 2.35. The highest BCUT2D eigenvalue weighted by Gasteiger charge is 2.20. The molecule has 0 saturated carbocycles. The van der Waals surface area contributed by atoms with E-state index in [-0.39, 0.29) is 22.8 Å². The molecule has 0 aliphatic rings. The predicted octanol–water partition coefficient (Wildman–Crippen LogP) is 2.97. The monoisotopic (exact) mass is 377 g/mol. The van der Waals surface area contributed by atoms with Gasteiger partial charge < -0.3 is 15.0 Å². The van der Waals surface area contributed by atoms with Crippen molar-refractivity contribution in [1.29, 1.82) is 0 Å². The van der Waals surface area contributed by atoms with Gasteiger partial charge in [-0.25, -0.2) is 0 Å². The van der Waals surface area contributed by atoms with E-state index in [4.69, 9.17) is 16.3 Å². The van der Waals surface area contributed by atoms with Gasteiger partial charge in [0.15, 0.2) is 0 Å². The third-order valence-corrected chi connectivity index (χ3v) is 3.81. The predicted molar refractivity (Wildman–Crippen MR) is 96.7 cm³/mol. The Morgan fingerprint density at radius 3 is 2.46 bits per heavy atom. The molecule has 2 amide bonds. The van der Waals surface area contributed by atoms with Crippen LogP contribution in [0.3, 0.4) is 0 Å². The van der Waals surface area contributed by atoms with Crippen LogP contribution in [0.1, 0.15) is 10.4 Å². The fraction of sp³-hybridized carbons (Fsp3) is 0.176. The third-order valence-electron chi connectivity index (χ3n) is 3.49. The number of hydrogen-bond donors (Lipinski definition) is 1. The molecule has 9 heteroatoms. The smallest absolute Gasteiger partial charge is 0.288 e. The van der Waals surface area contributed by atoms with Gasteiger partial charge in [0, 0.05) is 24.4 Å². The van der Waals surface area contributed by atoms with Crippen molar-refractivity contribution in [2.45, 2.75) is 0 Å². The van der Waals surface area contributed by atoms with Gasteiger partial charge in [0.1, 0.15) is 10.8 Å². The lowest BCUT2D eigenvalue weighted by Crippen LogP contribution is -2.34. The van der Waals surface area contributed by atoms with Crippen LogP contribution in [0, 0.1) is 10.1 Å². The number of halogens is 1. The summed E-state index contributed by atoms with van der Waals surface area (Å²) < 4.78 is 5.03. The van der Waals surface area contributed by atoms with Crippen molar-refractivity contribution in [3.05, 3.63) is 63.2 Å². The van der Waals surface area contributed by atoms with Crippen LogP contribution in [0.25, 0.3) is 0 Å². The summed E-state index contributed by atoms with van der Waals surface area (Å²) in [6.45, 7) is -0.221. The Hall–Kier alpha value is -3.13. The largest absolute Gasteiger partial charge is 0.497 e. The standard InChI is InChI=1S/C17H16ClN3O5/c1-20(10-16(22)19-12-4-6-13(26-2)7-5-12)17(23)11-3-8-14(18)15(9-11)21(24)25/h3-9H,10H2,1-2H3,(H,19,22). The second-order valence-electron chi connectivity index (χ2n) is 5.36. The topological polar surface area (TPSA) is 102 Å². The number of benzene rings is 2. The average molecular weight is 378 g/mol. The number of ether oxygens (including phenoxy) is 1. The quantitative estimate of drug-likeness (QED) is 0.616. The van der Waals surface area contributed by atoms with Crippen molar-refractivity contribution in [3.8, 4) is 5.75 Å². The molecule has 0 spiro atoms. The number of nitrogens with one attached hydrogen (secondary N) is 1. The summed E-state index contributed by atoms with van der Waals surface area (Å²) in [6.07, 6.45) is 0. The lowest BCUT2D eigenvalue weighted by atomic mass is 10.2. The Morgan fingerprint density at radius 1 is 1.23 bits per heavy atom. The average Bonchev–Trinajstić information content (AvgIpc) is 2.61. The molecule has 0 aliphatic carbocycles. The van der Waals surface area contributed by atoms with Gasteiger partial charge in [-0.2, -0.15) is 0 Å². The molecule has 0 saturated heterocycles. The first-order valence-corrected chi connectivity index (χ1v) is 7.83. The number of anilines is 1. The molecule has 26 heavy (non-hydrogen) atoms. The fourth-order valence-electron chi connectivity index (χ4n) is 2.17. The van der Waals surface area contributed by atoms with Gasteiger partial charge in [-0.05, 0) is 36.4 Å². The van der Waals surface area contributed by atoms with Gasteiger partial charge in [-0.1, -0.05) is 11.6 Å². The summed E-state index contributed by atoms with van der Waals surface area (Å²) in [5.74, 6) is -0.288. The van der Waals surface area contributed by atoms with Gasteiger partial charge in [0.05, 0.1) is 18.6 Å². The van der Waals surface area contributed by atoms with E-state index in [1.807, 2.05) is 0 Å². The van der Waals surface area contributed by atoms with Crippen molar-refractivity contribution >= 4 is 34.8 Å². The zero-order valence-electron chi connectivity index (χ0n) is 14.1. The molecule has 2 aromatic rings. The van der Waals surface area contributed by atoms with E-state index < -0.39 is 16.7 Å². The summed E-state index contributed by atoms with van der Waals surface area (Å²) >= 11 is 5.73. The molecular weight excluding hydrogens is 362 g/mol. The van der Waals surface area contributed by atoms with Gasteiger partial charge in [-0.15, -0.1) is 0 Å². The summed E-state index contributed by atoms with van der Waals surface area (Å²) in [5, 5.41) is 13.5. The molecule has 136 valence electrons. The number of nitro benzene ring substituents is 1. The number of rotatable bonds is 6. The Morgan fingerprint density at radius 2 is 1.88 bits per heavy atom. The second-order valence-corrected chi connectivity index (χ2v) is 5.77. The minimum absolute atomic E-state index is 0.0635. The van der Waals surface area contributed by atoms with E-state index in [1.54, 1.807) is 24.3 Å². The molecule has 0 radical (unpaired) electrons. The van der Waals surface area contributed by atoms with E-state index in [9.17, 15) is 19.7 Å². The maximum atomic E-state index is 12.4. The van der Waals surface area contributed by atoms with E-state index in [1.165, 1.54) is 26.3 Å². The van der Waals surface area contributed by atoms with Crippen molar-refractivity contribution in [1.82, 2.24) is 4.90 Å². The van der Waals surface area contributed by atoms with E-state index >= 15 is 0 Å². The number of carbonyl (C=O) groups is 2. The summed E-state index contributed by atoms with van der Waals surface area (Å²) in [6, 6.07) is 10.5. The molecule has 0 unspecified atom stereocenters. The Kier molecular flexibility index (Phi) is 6.13. The van der Waals surface area contributed by atoms with Crippen LogP contribution >= 0.6 is 11.6 Å². The zero-order valence-corrected chi connectivity index (χ0v) is 14.8. The van der Waals surface area contributed by atoms with Gasteiger partial charge in [-0.3, -0.25) is 19.7 Å². The summed E-state index contributed by atoms with van der Waals surface area (Å²) in [4.78, 5) is 35.8. The first-order valence-electron chi connectivity index (χ1n) is 7.45. The third kappa shape index (κ3) is 4.70.